The van der Waals surface area contributed by atoms with Gasteiger partial charge in [-0.05, 0) is 25.2 Å². The molecular weight excluding hydrogens is 501 g/mol. The molecule has 2 aromatic heterocycles. The van der Waals surface area contributed by atoms with E-state index in [1.165, 1.54) is 0 Å². The van der Waals surface area contributed by atoms with Crippen LogP contribution in [-0.2, 0) is 11.3 Å². The molecule has 4 heterocycles. The number of hydrogen-bond acceptors (Lipinski definition) is 7. The minimum Gasteiger partial charge on any atom is -0.368 e. The number of rotatable bonds is 5. The summed E-state index contributed by atoms with van der Waals surface area (Å²) >= 11 is 8.08. The summed E-state index contributed by atoms with van der Waals surface area (Å²) < 4.78 is 18.1. The van der Waals surface area contributed by atoms with Gasteiger partial charge in [0.25, 0.3) is 5.91 Å². The number of allylic oxidation sites excluding steroid dienone is 1. The topological polar surface area (TPSA) is 93.2 Å². The number of hydrogen-bond donors (Lipinski definition) is 1. The van der Waals surface area contributed by atoms with Crippen LogP contribution in [0.3, 0.4) is 0 Å². The molecular formula is C25H33ClFN7OS. The Morgan fingerprint density at radius 1 is 1.22 bits per heavy atom. The SMILES string of the molecule is CSc1nc2c(n1C1CCN(C(=O)C3(F)CCN(Cc4cnc(N)nc4)CC3)CC1)C=CC(Cl)C2C. The van der Waals surface area contributed by atoms with Crippen LogP contribution in [0.25, 0.3) is 6.08 Å². The maximum Gasteiger partial charge on any atom is 0.260 e. The number of aromatic nitrogens is 4. The number of alkyl halides is 2. The number of thioether (sulfide) groups is 1. The van der Waals surface area contributed by atoms with Gasteiger partial charge in [-0.1, -0.05) is 24.8 Å². The second-order valence-electron chi connectivity index (χ2n) is 10.0. The zero-order valence-corrected chi connectivity index (χ0v) is 22.3. The fourth-order valence-corrected chi connectivity index (χ4v) is 6.36. The molecule has 2 N–H and O–H groups in total. The number of fused-ring (bicyclic) bond motifs is 1. The third-order valence-electron chi connectivity index (χ3n) is 7.75. The van der Waals surface area contributed by atoms with E-state index < -0.39 is 5.67 Å². The summed E-state index contributed by atoms with van der Waals surface area (Å²) in [6, 6.07) is 0.232. The lowest BCUT2D eigenvalue weighted by Gasteiger charge is -2.40. The summed E-state index contributed by atoms with van der Waals surface area (Å²) in [5, 5.41) is 0.926. The number of imidazole rings is 1. The number of nitrogens with two attached hydrogens (primary N) is 1. The molecule has 0 aromatic carbocycles. The third-order valence-corrected chi connectivity index (χ3v) is 8.93. The molecule has 2 saturated heterocycles. The number of likely N-dealkylation sites (tertiary alicyclic amines) is 2. The lowest BCUT2D eigenvalue weighted by molar-refractivity contribution is -0.149. The lowest BCUT2D eigenvalue weighted by atomic mass is 9.90. The maximum absolute atomic E-state index is 15.8. The van der Waals surface area contributed by atoms with Crippen LogP contribution in [0, 0.1) is 0 Å². The molecule has 2 unspecified atom stereocenters. The van der Waals surface area contributed by atoms with Gasteiger partial charge in [-0.15, -0.1) is 11.6 Å². The summed E-state index contributed by atoms with van der Waals surface area (Å²) in [6.45, 7) is 4.89. The Morgan fingerprint density at radius 3 is 2.53 bits per heavy atom. The largest absolute Gasteiger partial charge is 0.368 e. The molecule has 11 heteroatoms. The first-order valence-electron chi connectivity index (χ1n) is 12.5. The number of carbonyl (C=O) groups is 1. The highest BCUT2D eigenvalue weighted by atomic mass is 35.5. The van der Waals surface area contributed by atoms with Crippen molar-refractivity contribution in [1.82, 2.24) is 29.3 Å². The Balaban J connectivity index is 1.19. The Bertz CT molecular complexity index is 1120. The van der Waals surface area contributed by atoms with Crippen molar-refractivity contribution < 1.29 is 9.18 Å². The number of piperidine rings is 2. The molecule has 1 aliphatic carbocycles. The van der Waals surface area contributed by atoms with Crippen LogP contribution in [0.15, 0.2) is 23.6 Å². The van der Waals surface area contributed by atoms with Crippen LogP contribution >= 0.6 is 23.4 Å². The second-order valence-corrected chi connectivity index (χ2v) is 11.3. The van der Waals surface area contributed by atoms with Gasteiger partial charge in [-0.25, -0.2) is 19.3 Å². The van der Waals surface area contributed by atoms with Crippen LogP contribution in [0.2, 0.25) is 0 Å². The van der Waals surface area contributed by atoms with Crippen molar-refractivity contribution in [3.63, 3.8) is 0 Å². The van der Waals surface area contributed by atoms with E-state index in [-0.39, 0.29) is 42.0 Å². The number of halogens is 2. The predicted molar refractivity (Wildman–Crippen MR) is 141 cm³/mol. The fraction of sp³-hybridized carbons (Fsp3) is 0.600. The molecule has 36 heavy (non-hydrogen) atoms. The third kappa shape index (κ3) is 4.87. The van der Waals surface area contributed by atoms with Crippen LogP contribution in [0.1, 0.15) is 61.5 Å². The number of nitrogen functional groups attached to an aromatic ring is 1. The zero-order chi connectivity index (χ0) is 25.4. The Labute approximate surface area is 220 Å². The van der Waals surface area contributed by atoms with Crippen molar-refractivity contribution in [2.45, 2.75) is 67.3 Å². The fourth-order valence-electron chi connectivity index (χ4n) is 5.53. The van der Waals surface area contributed by atoms with Crippen LogP contribution in [-0.4, -0.2) is 78.7 Å². The highest BCUT2D eigenvalue weighted by Crippen LogP contribution is 2.39. The Morgan fingerprint density at radius 2 is 1.89 bits per heavy atom. The molecule has 194 valence electrons. The van der Waals surface area contributed by atoms with Crippen molar-refractivity contribution in [3.05, 3.63) is 35.4 Å². The summed E-state index contributed by atoms with van der Waals surface area (Å²) in [5.41, 5.74) is 6.84. The van der Waals surface area contributed by atoms with E-state index in [0.717, 1.165) is 34.9 Å². The summed E-state index contributed by atoms with van der Waals surface area (Å²) in [6.07, 6.45) is 11.5. The van der Waals surface area contributed by atoms with Gasteiger partial charge in [0.1, 0.15) is 0 Å². The molecule has 2 atom stereocenters. The molecule has 8 nitrogen and oxygen atoms in total. The first kappa shape index (κ1) is 25.5. The van der Waals surface area contributed by atoms with E-state index in [1.807, 2.05) is 12.3 Å². The second kappa shape index (κ2) is 10.3. The van der Waals surface area contributed by atoms with Gasteiger partial charge in [0.05, 0.1) is 16.8 Å². The molecule has 3 aliphatic rings. The summed E-state index contributed by atoms with van der Waals surface area (Å²) in [5.74, 6) is 0.0417. The van der Waals surface area contributed by atoms with E-state index >= 15 is 4.39 Å². The van der Waals surface area contributed by atoms with Crippen molar-refractivity contribution in [3.8, 4) is 0 Å². The molecule has 0 bridgehead atoms. The molecule has 5 rings (SSSR count). The van der Waals surface area contributed by atoms with Crippen molar-refractivity contribution in [2.24, 2.45) is 0 Å². The Hall–Kier alpha value is -2.17. The molecule has 0 spiro atoms. The maximum atomic E-state index is 15.8. The van der Waals surface area contributed by atoms with Gasteiger partial charge in [0, 0.05) is 75.5 Å². The number of amides is 1. The van der Waals surface area contributed by atoms with Gasteiger partial charge in [0.2, 0.25) is 5.95 Å². The van der Waals surface area contributed by atoms with Crippen molar-refractivity contribution in [2.75, 3.05) is 38.2 Å². The molecule has 0 radical (unpaired) electrons. The highest BCUT2D eigenvalue weighted by molar-refractivity contribution is 7.98. The van der Waals surface area contributed by atoms with Gasteiger partial charge in [0.15, 0.2) is 10.8 Å². The zero-order valence-electron chi connectivity index (χ0n) is 20.7. The van der Waals surface area contributed by atoms with E-state index in [9.17, 15) is 4.79 Å². The van der Waals surface area contributed by atoms with E-state index in [4.69, 9.17) is 22.3 Å². The first-order chi connectivity index (χ1) is 17.3. The average Bonchev–Trinajstić information content (AvgIpc) is 3.28. The summed E-state index contributed by atoms with van der Waals surface area (Å²) in [4.78, 5) is 30.0. The monoisotopic (exact) mass is 533 g/mol. The molecule has 2 aromatic rings. The normalized spacial score (nSPS) is 24.6. The summed E-state index contributed by atoms with van der Waals surface area (Å²) in [7, 11) is 0. The highest BCUT2D eigenvalue weighted by Gasteiger charge is 2.45. The average molecular weight is 534 g/mol. The van der Waals surface area contributed by atoms with E-state index in [2.05, 4.69) is 32.4 Å². The smallest absolute Gasteiger partial charge is 0.260 e. The van der Waals surface area contributed by atoms with Crippen molar-refractivity contribution >= 4 is 41.3 Å². The van der Waals surface area contributed by atoms with Gasteiger partial charge < -0.3 is 15.2 Å². The molecule has 1 amide bonds. The van der Waals surface area contributed by atoms with Crippen LogP contribution in [0.4, 0.5) is 10.3 Å². The minimum absolute atomic E-state index is 0.0537. The predicted octanol–water partition coefficient (Wildman–Crippen LogP) is 3.88. The van der Waals surface area contributed by atoms with E-state index in [1.54, 1.807) is 29.1 Å². The quantitative estimate of drug-likeness (QED) is 0.460. The van der Waals surface area contributed by atoms with Gasteiger partial charge in [-0.2, -0.15) is 0 Å². The molecule has 2 fully saturated rings. The lowest BCUT2D eigenvalue weighted by Crippen LogP contribution is -2.54. The van der Waals surface area contributed by atoms with Gasteiger partial charge >= 0.3 is 0 Å². The van der Waals surface area contributed by atoms with E-state index in [0.29, 0.717) is 32.7 Å². The van der Waals surface area contributed by atoms with Crippen molar-refractivity contribution in [1.29, 1.82) is 0 Å². The number of nitrogens with zero attached hydrogens (tertiary/aromatic N) is 6. The number of carbonyl (C=O) groups excluding carboxylic acids is 1. The van der Waals surface area contributed by atoms with Gasteiger partial charge in [-0.3, -0.25) is 9.69 Å². The molecule has 2 aliphatic heterocycles. The minimum atomic E-state index is -1.80. The van der Waals surface area contributed by atoms with Crippen LogP contribution in [0.5, 0.6) is 0 Å². The standard InChI is InChI=1S/C25H33ClFN7OS/c1-16-19(26)3-4-20-21(16)31-24(36-2)34(20)18-5-9-33(10-6-18)22(35)25(27)7-11-32(12-8-25)15-17-13-29-23(28)30-14-17/h3-4,13-14,16,18-19H,5-12,15H2,1-2H3,(H2,28,29,30). The van der Waals surface area contributed by atoms with Crippen LogP contribution < -0.4 is 5.73 Å². The number of anilines is 1. The Kier molecular flexibility index (Phi) is 7.29. The first-order valence-corrected chi connectivity index (χ1v) is 14.2. The molecule has 0 saturated carbocycles.